The highest BCUT2D eigenvalue weighted by molar-refractivity contribution is 7.84. The lowest BCUT2D eigenvalue weighted by molar-refractivity contribution is 0.309. The van der Waals surface area contributed by atoms with Crippen molar-refractivity contribution < 1.29 is 17.0 Å². The second-order valence-corrected chi connectivity index (χ2v) is 4.64. The van der Waals surface area contributed by atoms with Crippen LogP contribution in [-0.4, -0.2) is 22.5 Å². The van der Waals surface area contributed by atoms with Gasteiger partial charge in [-0.1, -0.05) is 6.07 Å². The van der Waals surface area contributed by atoms with E-state index in [1.165, 1.54) is 18.2 Å². The third-order valence-corrected chi connectivity index (χ3v) is 2.35. The third-order valence-electron chi connectivity index (χ3n) is 1.91. The van der Waals surface area contributed by atoms with Crippen molar-refractivity contribution in [3.63, 3.8) is 0 Å². The molecule has 90 valence electrons. The first-order chi connectivity index (χ1) is 7.29. The molecule has 1 aromatic carbocycles. The fourth-order valence-corrected chi connectivity index (χ4v) is 1.51. The maximum Gasteiger partial charge on any atom is 0.333 e. The van der Waals surface area contributed by atoms with Gasteiger partial charge >= 0.3 is 10.3 Å². The van der Waals surface area contributed by atoms with Crippen molar-refractivity contribution in [2.45, 2.75) is 6.61 Å². The molecule has 0 aliphatic carbocycles. The molecular formula is C9H13FN2O3S. The van der Waals surface area contributed by atoms with Crippen molar-refractivity contribution in [1.82, 2.24) is 0 Å². The smallest absolute Gasteiger partial charge is 0.333 e. The van der Waals surface area contributed by atoms with Crippen LogP contribution in [0.25, 0.3) is 0 Å². The molecule has 1 aromatic rings. The molecule has 0 aliphatic rings. The molecule has 7 heteroatoms. The summed E-state index contributed by atoms with van der Waals surface area (Å²) in [5.41, 5.74) is 1.09. The molecule has 0 heterocycles. The summed E-state index contributed by atoms with van der Waals surface area (Å²) in [7, 11) is -0.552. The Bertz CT molecular complexity index is 474. The molecule has 0 bridgehead atoms. The number of hydrogen-bond donors (Lipinski definition) is 1. The third kappa shape index (κ3) is 3.76. The molecule has 2 N–H and O–H groups in total. The number of rotatable bonds is 4. The van der Waals surface area contributed by atoms with Gasteiger partial charge in [0.05, 0.1) is 6.61 Å². The summed E-state index contributed by atoms with van der Waals surface area (Å²) in [6.07, 6.45) is 0. The van der Waals surface area contributed by atoms with E-state index in [1.54, 1.807) is 19.0 Å². The van der Waals surface area contributed by atoms with Crippen molar-refractivity contribution in [3.05, 3.63) is 29.6 Å². The number of anilines is 1. The van der Waals surface area contributed by atoms with E-state index in [1.807, 2.05) is 0 Å². The highest BCUT2D eigenvalue weighted by Gasteiger charge is 2.09. The molecular weight excluding hydrogens is 235 g/mol. The maximum absolute atomic E-state index is 13.0. The molecule has 0 aromatic heterocycles. The van der Waals surface area contributed by atoms with Gasteiger partial charge in [0.25, 0.3) is 0 Å². The number of hydrogen-bond acceptors (Lipinski definition) is 4. The van der Waals surface area contributed by atoms with E-state index in [9.17, 15) is 12.8 Å². The number of benzene rings is 1. The van der Waals surface area contributed by atoms with Gasteiger partial charge in [-0.25, -0.2) is 9.53 Å². The Labute approximate surface area is 93.9 Å². The van der Waals surface area contributed by atoms with Crippen molar-refractivity contribution in [2.24, 2.45) is 5.14 Å². The Hall–Kier alpha value is -1.18. The van der Waals surface area contributed by atoms with Crippen LogP contribution in [0.5, 0.6) is 0 Å². The van der Waals surface area contributed by atoms with E-state index < -0.39 is 16.1 Å². The highest BCUT2D eigenvalue weighted by atomic mass is 32.2. The van der Waals surface area contributed by atoms with Gasteiger partial charge in [-0.2, -0.15) is 8.42 Å². The van der Waals surface area contributed by atoms with Gasteiger partial charge < -0.3 is 4.90 Å². The van der Waals surface area contributed by atoms with Crippen LogP contribution in [0.3, 0.4) is 0 Å². The SMILES string of the molecule is CN(C)c1cc(F)ccc1COS(N)(=O)=O. The quantitative estimate of drug-likeness (QED) is 0.847. The fourth-order valence-electron chi connectivity index (χ4n) is 1.22. The average Bonchev–Trinajstić information content (AvgIpc) is 2.14. The Morgan fingerprint density at radius 3 is 2.56 bits per heavy atom. The van der Waals surface area contributed by atoms with Gasteiger partial charge in [0, 0.05) is 25.3 Å². The topological polar surface area (TPSA) is 72.6 Å². The summed E-state index contributed by atoms with van der Waals surface area (Å²) >= 11 is 0. The Balaban J connectivity index is 2.95. The lowest BCUT2D eigenvalue weighted by atomic mass is 10.2. The van der Waals surface area contributed by atoms with Crippen molar-refractivity contribution in [1.29, 1.82) is 0 Å². The fraction of sp³-hybridized carbons (Fsp3) is 0.333. The zero-order valence-electron chi connectivity index (χ0n) is 8.97. The first kappa shape index (κ1) is 12.9. The Morgan fingerprint density at radius 1 is 1.44 bits per heavy atom. The Kier molecular flexibility index (Phi) is 3.84. The molecule has 5 nitrogen and oxygen atoms in total. The molecule has 0 amide bonds. The summed E-state index contributed by atoms with van der Waals surface area (Å²) in [4.78, 5) is 1.66. The maximum atomic E-state index is 13.0. The predicted octanol–water partition coefficient (Wildman–Crippen LogP) is 0.612. The number of nitrogens with zero attached hydrogens (tertiary/aromatic N) is 1. The zero-order valence-corrected chi connectivity index (χ0v) is 9.79. The molecule has 0 radical (unpaired) electrons. The van der Waals surface area contributed by atoms with Crippen LogP contribution in [0.15, 0.2) is 18.2 Å². The molecule has 16 heavy (non-hydrogen) atoms. The van der Waals surface area contributed by atoms with E-state index in [2.05, 4.69) is 4.18 Å². The van der Waals surface area contributed by atoms with Gasteiger partial charge in [-0.15, -0.1) is 0 Å². The van der Waals surface area contributed by atoms with Gasteiger partial charge in [0.1, 0.15) is 5.82 Å². The van der Waals surface area contributed by atoms with Crippen LogP contribution in [0.1, 0.15) is 5.56 Å². The minimum absolute atomic E-state index is 0.216. The summed E-state index contributed by atoms with van der Waals surface area (Å²) in [6, 6.07) is 3.98. The summed E-state index contributed by atoms with van der Waals surface area (Å²) in [5.74, 6) is -0.400. The summed E-state index contributed by atoms with van der Waals surface area (Å²) in [5, 5.41) is 4.70. The van der Waals surface area contributed by atoms with Crippen LogP contribution in [-0.2, 0) is 21.1 Å². The predicted molar refractivity (Wildman–Crippen MR) is 58.6 cm³/mol. The van der Waals surface area contributed by atoms with Crippen molar-refractivity contribution >= 4 is 16.0 Å². The highest BCUT2D eigenvalue weighted by Crippen LogP contribution is 2.21. The van der Waals surface area contributed by atoms with E-state index >= 15 is 0 Å². The molecule has 0 unspecified atom stereocenters. The Morgan fingerprint density at radius 2 is 2.06 bits per heavy atom. The minimum Gasteiger partial charge on any atom is -0.377 e. The summed E-state index contributed by atoms with van der Waals surface area (Å²) in [6.45, 7) is -0.216. The lowest BCUT2D eigenvalue weighted by Gasteiger charge is -2.17. The van der Waals surface area contributed by atoms with Gasteiger partial charge in [-0.3, -0.25) is 4.18 Å². The summed E-state index contributed by atoms with van der Waals surface area (Å²) < 4.78 is 38.7. The van der Waals surface area contributed by atoms with E-state index in [4.69, 9.17) is 5.14 Å². The van der Waals surface area contributed by atoms with E-state index in [-0.39, 0.29) is 6.61 Å². The van der Waals surface area contributed by atoms with Crippen LogP contribution in [0.4, 0.5) is 10.1 Å². The molecule has 0 aliphatic heterocycles. The van der Waals surface area contributed by atoms with Crippen LogP contribution >= 0.6 is 0 Å². The molecule has 0 spiro atoms. The van der Waals surface area contributed by atoms with Gasteiger partial charge in [0.2, 0.25) is 0 Å². The molecule has 0 saturated heterocycles. The molecule has 1 rings (SSSR count). The van der Waals surface area contributed by atoms with Gasteiger partial charge in [-0.05, 0) is 12.1 Å². The second kappa shape index (κ2) is 4.77. The van der Waals surface area contributed by atoms with Crippen LogP contribution in [0, 0.1) is 5.82 Å². The minimum atomic E-state index is -3.99. The van der Waals surface area contributed by atoms with E-state index in [0.717, 1.165) is 0 Å². The largest absolute Gasteiger partial charge is 0.377 e. The number of nitrogens with two attached hydrogens (primary N) is 1. The zero-order chi connectivity index (χ0) is 12.3. The van der Waals surface area contributed by atoms with Gasteiger partial charge in [0.15, 0.2) is 0 Å². The number of halogens is 1. The molecule has 0 saturated carbocycles. The van der Waals surface area contributed by atoms with Crippen molar-refractivity contribution in [2.75, 3.05) is 19.0 Å². The van der Waals surface area contributed by atoms with Crippen LogP contribution < -0.4 is 10.0 Å². The second-order valence-electron chi connectivity index (χ2n) is 3.42. The first-order valence-electron chi connectivity index (χ1n) is 4.42. The standard InChI is InChI=1S/C9H13FN2O3S/c1-12(2)9-5-8(10)4-3-7(9)6-15-16(11,13)14/h3-5H,6H2,1-2H3,(H2,11,13,14). The average molecular weight is 248 g/mol. The van der Waals surface area contributed by atoms with Crippen LogP contribution in [0.2, 0.25) is 0 Å². The normalized spacial score (nSPS) is 11.5. The first-order valence-corrected chi connectivity index (χ1v) is 5.89. The lowest BCUT2D eigenvalue weighted by Crippen LogP contribution is -2.17. The van der Waals surface area contributed by atoms with Crippen molar-refractivity contribution in [3.8, 4) is 0 Å². The van der Waals surface area contributed by atoms with E-state index in [0.29, 0.717) is 11.3 Å². The molecule has 0 atom stereocenters. The monoisotopic (exact) mass is 248 g/mol. The molecule has 0 fully saturated rings.